The highest BCUT2D eigenvalue weighted by Crippen LogP contribution is 2.13. The van der Waals surface area contributed by atoms with Crippen molar-refractivity contribution in [1.82, 2.24) is 5.32 Å². The molecule has 2 amide bonds. The molecule has 2 rings (SSSR count). The third-order valence-corrected chi connectivity index (χ3v) is 3.86. The first-order valence-corrected chi connectivity index (χ1v) is 8.28. The normalized spacial score (nSPS) is 11.3. The smallest absolute Gasteiger partial charge is 0.326 e. The highest BCUT2D eigenvalue weighted by Gasteiger charge is 2.19. The first-order chi connectivity index (χ1) is 12.4. The topological polar surface area (TPSA) is 84.5 Å². The summed E-state index contributed by atoms with van der Waals surface area (Å²) < 4.78 is 5.08. The first-order valence-electron chi connectivity index (χ1n) is 8.28. The lowest BCUT2D eigenvalue weighted by Gasteiger charge is -2.15. The maximum Gasteiger partial charge on any atom is 0.326 e. The predicted molar refractivity (Wildman–Crippen MR) is 98.9 cm³/mol. The van der Waals surface area contributed by atoms with Gasteiger partial charge in [0.25, 0.3) is 11.8 Å². The molecule has 2 aromatic rings. The van der Waals surface area contributed by atoms with E-state index in [-0.39, 0.29) is 12.5 Å². The average Bonchev–Trinajstić information content (AvgIpc) is 2.62. The van der Waals surface area contributed by atoms with Gasteiger partial charge in [0.1, 0.15) is 6.54 Å². The molecule has 0 aliphatic heterocycles. The molecule has 0 spiro atoms. The van der Waals surface area contributed by atoms with Crippen LogP contribution in [0.25, 0.3) is 0 Å². The van der Waals surface area contributed by atoms with E-state index in [4.69, 9.17) is 4.74 Å². The number of nitrogens with one attached hydrogen (secondary N) is 2. The van der Waals surface area contributed by atoms with Gasteiger partial charge in [-0.2, -0.15) is 0 Å². The van der Waals surface area contributed by atoms with E-state index in [0.717, 1.165) is 11.1 Å². The second-order valence-electron chi connectivity index (χ2n) is 5.93. The summed E-state index contributed by atoms with van der Waals surface area (Å²) in [6.07, 6.45) is -0.975. The summed E-state index contributed by atoms with van der Waals surface area (Å²) in [5.41, 5.74) is 2.87. The molecule has 0 aliphatic rings. The Kier molecular flexibility index (Phi) is 6.49. The summed E-state index contributed by atoms with van der Waals surface area (Å²) in [4.78, 5) is 36.1. The zero-order chi connectivity index (χ0) is 19.1. The minimum absolute atomic E-state index is 0.310. The van der Waals surface area contributed by atoms with Crippen molar-refractivity contribution in [2.45, 2.75) is 26.9 Å². The molecule has 0 saturated carbocycles. The van der Waals surface area contributed by atoms with Gasteiger partial charge in [0, 0.05) is 11.3 Å². The first kappa shape index (κ1) is 19.2. The lowest BCUT2D eigenvalue weighted by Crippen LogP contribution is -2.36. The van der Waals surface area contributed by atoms with Crippen LogP contribution in [-0.2, 0) is 14.3 Å². The maximum absolute atomic E-state index is 12.1. The molecular formula is C20H22N2O4. The fraction of sp³-hybridized carbons (Fsp3) is 0.250. The monoisotopic (exact) mass is 354 g/mol. The summed E-state index contributed by atoms with van der Waals surface area (Å²) in [7, 11) is 0. The van der Waals surface area contributed by atoms with Crippen molar-refractivity contribution in [3.63, 3.8) is 0 Å². The lowest BCUT2D eigenvalue weighted by molar-refractivity contribution is -0.152. The summed E-state index contributed by atoms with van der Waals surface area (Å²) in [6, 6.07) is 14.4. The Morgan fingerprint density at radius 1 is 0.962 bits per heavy atom. The zero-order valence-electron chi connectivity index (χ0n) is 15.0. The Balaban J connectivity index is 1.83. The number of rotatable bonds is 6. The maximum atomic E-state index is 12.1. The van der Waals surface area contributed by atoms with E-state index in [2.05, 4.69) is 10.6 Å². The van der Waals surface area contributed by atoms with Gasteiger partial charge in [0.2, 0.25) is 0 Å². The number of hydrogen-bond donors (Lipinski definition) is 2. The molecule has 0 aromatic heterocycles. The number of carbonyl (C=O) groups excluding carboxylic acids is 3. The van der Waals surface area contributed by atoms with Crippen LogP contribution in [0.2, 0.25) is 0 Å². The molecule has 0 radical (unpaired) electrons. The number of anilines is 1. The Morgan fingerprint density at radius 3 is 2.23 bits per heavy atom. The Bertz CT molecular complexity index is 817. The number of ether oxygens (including phenoxy) is 1. The van der Waals surface area contributed by atoms with Gasteiger partial charge in [-0.3, -0.25) is 14.4 Å². The lowest BCUT2D eigenvalue weighted by atomic mass is 10.1. The predicted octanol–water partition coefficient (Wildman–Crippen LogP) is 2.60. The molecule has 2 aromatic carbocycles. The molecule has 0 heterocycles. The molecule has 0 fully saturated rings. The van der Waals surface area contributed by atoms with E-state index >= 15 is 0 Å². The van der Waals surface area contributed by atoms with Gasteiger partial charge in [-0.25, -0.2) is 0 Å². The molecule has 0 saturated heterocycles. The SMILES string of the molecule is Cc1ccccc1NC(=O)C(C)OC(=O)CNC(=O)c1ccccc1C. The van der Waals surface area contributed by atoms with Gasteiger partial charge in [-0.05, 0) is 44.0 Å². The number of hydrogen-bond acceptors (Lipinski definition) is 4. The van der Waals surface area contributed by atoms with Crippen molar-refractivity contribution < 1.29 is 19.1 Å². The van der Waals surface area contributed by atoms with Crippen LogP contribution < -0.4 is 10.6 Å². The number of benzene rings is 2. The summed E-state index contributed by atoms with van der Waals surface area (Å²) in [5.74, 6) is -1.48. The van der Waals surface area contributed by atoms with Crippen LogP contribution in [0, 0.1) is 13.8 Å². The van der Waals surface area contributed by atoms with Gasteiger partial charge >= 0.3 is 5.97 Å². The Morgan fingerprint density at radius 2 is 1.58 bits per heavy atom. The fourth-order valence-corrected chi connectivity index (χ4v) is 2.32. The molecule has 6 nitrogen and oxygen atoms in total. The van der Waals surface area contributed by atoms with Crippen LogP contribution in [0.4, 0.5) is 5.69 Å². The van der Waals surface area contributed by atoms with Crippen molar-refractivity contribution in [2.24, 2.45) is 0 Å². The van der Waals surface area contributed by atoms with Crippen molar-refractivity contribution >= 4 is 23.5 Å². The summed E-state index contributed by atoms with van der Waals surface area (Å²) >= 11 is 0. The van der Waals surface area contributed by atoms with Gasteiger partial charge in [0.15, 0.2) is 6.10 Å². The molecular weight excluding hydrogens is 332 g/mol. The van der Waals surface area contributed by atoms with Gasteiger partial charge in [-0.1, -0.05) is 36.4 Å². The van der Waals surface area contributed by atoms with Gasteiger partial charge in [0.05, 0.1) is 0 Å². The number of para-hydroxylation sites is 1. The van der Waals surface area contributed by atoms with Crippen LogP contribution in [0.1, 0.15) is 28.4 Å². The van der Waals surface area contributed by atoms with E-state index in [1.165, 1.54) is 6.92 Å². The average molecular weight is 354 g/mol. The number of carbonyl (C=O) groups is 3. The van der Waals surface area contributed by atoms with Gasteiger partial charge in [-0.15, -0.1) is 0 Å². The quantitative estimate of drug-likeness (QED) is 0.781. The molecule has 136 valence electrons. The largest absolute Gasteiger partial charge is 0.451 e. The van der Waals surface area contributed by atoms with Crippen LogP contribution >= 0.6 is 0 Å². The molecule has 26 heavy (non-hydrogen) atoms. The van der Waals surface area contributed by atoms with E-state index < -0.39 is 18.0 Å². The van der Waals surface area contributed by atoms with E-state index in [1.54, 1.807) is 24.3 Å². The van der Waals surface area contributed by atoms with Crippen molar-refractivity contribution in [3.05, 3.63) is 65.2 Å². The standard InChI is InChI=1S/C20H22N2O4/c1-13-8-4-6-10-16(13)20(25)21-12-18(23)26-15(3)19(24)22-17-11-7-5-9-14(17)2/h4-11,15H,12H2,1-3H3,(H,21,25)(H,22,24). The number of aryl methyl sites for hydroxylation is 2. The molecule has 1 atom stereocenters. The van der Waals surface area contributed by atoms with Crippen molar-refractivity contribution in [1.29, 1.82) is 0 Å². The zero-order valence-corrected chi connectivity index (χ0v) is 15.0. The van der Waals surface area contributed by atoms with Crippen molar-refractivity contribution in [3.8, 4) is 0 Å². The van der Waals surface area contributed by atoms with Crippen LogP contribution in [-0.4, -0.2) is 30.4 Å². The fourth-order valence-electron chi connectivity index (χ4n) is 2.32. The second-order valence-corrected chi connectivity index (χ2v) is 5.93. The second kappa shape index (κ2) is 8.80. The molecule has 6 heteroatoms. The Labute approximate surface area is 152 Å². The van der Waals surface area contributed by atoms with Crippen molar-refractivity contribution in [2.75, 3.05) is 11.9 Å². The van der Waals surface area contributed by atoms with Crippen LogP contribution in [0.15, 0.2) is 48.5 Å². The number of esters is 1. The minimum Gasteiger partial charge on any atom is -0.451 e. The van der Waals surface area contributed by atoms with E-state index in [1.807, 2.05) is 38.1 Å². The van der Waals surface area contributed by atoms with E-state index in [9.17, 15) is 14.4 Å². The Hall–Kier alpha value is -3.15. The van der Waals surface area contributed by atoms with Crippen LogP contribution in [0.3, 0.4) is 0 Å². The molecule has 0 aliphatic carbocycles. The van der Waals surface area contributed by atoms with Gasteiger partial charge < -0.3 is 15.4 Å². The third kappa shape index (κ3) is 5.17. The van der Waals surface area contributed by atoms with Crippen LogP contribution in [0.5, 0.6) is 0 Å². The highest BCUT2D eigenvalue weighted by atomic mass is 16.5. The third-order valence-electron chi connectivity index (χ3n) is 3.86. The van der Waals surface area contributed by atoms with E-state index in [0.29, 0.717) is 11.3 Å². The summed E-state index contributed by atoms with van der Waals surface area (Å²) in [5, 5.41) is 5.21. The highest BCUT2D eigenvalue weighted by molar-refractivity contribution is 5.98. The molecule has 2 N–H and O–H groups in total. The molecule has 1 unspecified atom stereocenters. The summed E-state index contributed by atoms with van der Waals surface area (Å²) in [6.45, 7) is 4.85. The molecule has 0 bridgehead atoms. The number of amides is 2. The minimum atomic E-state index is -0.975.